The van der Waals surface area contributed by atoms with Crippen LogP contribution in [0.5, 0.6) is 5.75 Å². The number of carbonyl (C=O) groups excluding carboxylic acids is 2. The summed E-state index contributed by atoms with van der Waals surface area (Å²) in [4.78, 5) is 27.9. The summed E-state index contributed by atoms with van der Waals surface area (Å²) in [5.74, 6) is 1.06. The van der Waals surface area contributed by atoms with Gasteiger partial charge in [-0.05, 0) is 55.9 Å². The molecule has 0 aliphatic carbocycles. The molecule has 1 N–H and O–H groups in total. The van der Waals surface area contributed by atoms with E-state index in [1.54, 1.807) is 4.90 Å². The molecule has 0 bridgehead atoms. The van der Waals surface area contributed by atoms with E-state index in [0.29, 0.717) is 44.9 Å². The van der Waals surface area contributed by atoms with E-state index in [1.807, 2.05) is 69.3 Å². The summed E-state index contributed by atoms with van der Waals surface area (Å²) in [6, 6.07) is 15.4. The smallest absolute Gasteiger partial charge is 0.242 e. The Hall–Kier alpha value is -2.82. The second-order valence-electron chi connectivity index (χ2n) is 8.78. The van der Waals surface area contributed by atoms with Crippen LogP contribution in [0.15, 0.2) is 48.5 Å². The molecule has 0 aliphatic rings. The minimum absolute atomic E-state index is 0.0210. The summed E-state index contributed by atoms with van der Waals surface area (Å²) < 4.78 is 5.78. The summed E-state index contributed by atoms with van der Waals surface area (Å²) >= 11 is 0. The summed E-state index contributed by atoms with van der Waals surface area (Å²) in [5.41, 5.74) is 3.36. The first-order valence-corrected chi connectivity index (χ1v) is 11.6. The number of nitrogens with zero attached hydrogens (tertiary/aromatic N) is 1. The maximum Gasteiger partial charge on any atom is 0.242 e. The highest BCUT2D eigenvalue weighted by Gasteiger charge is 2.28. The fraction of sp³-hybridized carbons (Fsp3) is 0.481. The molecule has 2 aromatic rings. The molecule has 1 unspecified atom stereocenters. The highest BCUT2D eigenvalue weighted by molar-refractivity contribution is 5.87. The van der Waals surface area contributed by atoms with Gasteiger partial charge < -0.3 is 15.0 Å². The summed E-state index contributed by atoms with van der Waals surface area (Å²) in [6.07, 6.45) is 1.51. The van der Waals surface area contributed by atoms with Crippen molar-refractivity contribution in [2.45, 2.75) is 66.5 Å². The first-order chi connectivity index (χ1) is 15.3. The van der Waals surface area contributed by atoms with Crippen LogP contribution in [0.25, 0.3) is 0 Å². The van der Waals surface area contributed by atoms with Crippen molar-refractivity contribution < 1.29 is 14.3 Å². The maximum atomic E-state index is 13.2. The van der Waals surface area contributed by atoms with Crippen LogP contribution in [-0.2, 0) is 16.1 Å². The Bertz CT molecular complexity index is 861. The summed E-state index contributed by atoms with van der Waals surface area (Å²) in [7, 11) is 0. The van der Waals surface area contributed by atoms with Crippen LogP contribution in [-0.4, -0.2) is 35.9 Å². The zero-order valence-electron chi connectivity index (χ0n) is 20.2. The first kappa shape index (κ1) is 25.4. The zero-order valence-corrected chi connectivity index (χ0v) is 20.2. The maximum absolute atomic E-state index is 13.2. The fourth-order valence-electron chi connectivity index (χ4n) is 3.50. The molecule has 32 heavy (non-hydrogen) atoms. The number of nitrogens with one attached hydrogen (secondary N) is 1. The number of hydrogen-bond donors (Lipinski definition) is 1. The van der Waals surface area contributed by atoms with E-state index < -0.39 is 6.04 Å². The number of hydrogen-bond acceptors (Lipinski definition) is 3. The molecule has 0 heterocycles. The molecule has 0 fully saturated rings. The zero-order chi connectivity index (χ0) is 23.5. The van der Waals surface area contributed by atoms with Gasteiger partial charge in [0.25, 0.3) is 0 Å². The van der Waals surface area contributed by atoms with Crippen LogP contribution in [0.4, 0.5) is 0 Å². The Morgan fingerprint density at radius 1 is 1.03 bits per heavy atom. The molecule has 2 amide bonds. The fourth-order valence-corrected chi connectivity index (χ4v) is 3.50. The molecule has 1 atom stereocenters. The van der Waals surface area contributed by atoms with Gasteiger partial charge in [0.1, 0.15) is 11.8 Å². The van der Waals surface area contributed by atoms with Gasteiger partial charge in [0, 0.05) is 19.5 Å². The predicted octanol–water partition coefficient (Wildman–Crippen LogP) is 5.04. The minimum atomic E-state index is -0.487. The molecule has 5 nitrogen and oxygen atoms in total. The lowest BCUT2D eigenvalue weighted by molar-refractivity contribution is -0.141. The first-order valence-electron chi connectivity index (χ1n) is 11.6. The van der Waals surface area contributed by atoms with E-state index in [9.17, 15) is 9.59 Å². The van der Waals surface area contributed by atoms with Gasteiger partial charge in [-0.1, -0.05) is 62.7 Å². The highest BCUT2D eigenvalue weighted by atomic mass is 16.5. The molecular formula is C27H38N2O3. The van der Waals surface area contributed by atoms with Crippen LogP contribution in [0.2, 0.25) is 0 Å². The molecule has 0 saturated heterocycles. The van der Waals surface area contributed by atoms with Crippen molar-refractivity contribution in [1.82, 2.24) is 10.2 Å². The molecule has 2 rings (SSSR count). The Labute approximate surface area is 193 Å². The average molecular weight is 439 g/mol. The Balaban J connectivity index is 2.05. The van der Waals surface area contributed by atoms with Crippen molar-refractivity contribution in [3.8, 4) is 5.75 Å². The topological polar surface area (TPSA) is 58.6 Å². The van der Waals surface area contributed by atoms with Crippen LogP contribution < -0.4 is 10.1 Å². The van der Waals surface area contributed by atoms with E-state index in [1.165, 1.54) is 5.56 Å². The molecule has 0 aliphatic heterocycles. The average Bonchev–Trinajstić information content (AvgIpc) is 2.77. The van der Waals surface area contributed by atoms with Crippen molar-refractivity contribution in [3.05, 3.63) is 65.2 Å². The Kier molecular flexibility index (Phi) is 10.3. The van der Waals surface area contributed by atoms with Crippen LogP contribution in [0, 0.1) is 19.8 Å². The SMILES string of the molecule is CCC(C(=O)NCC(C)C)N(Cc1ccccc1C)C(=O)CCCOc1ccc(C)cc1. The number of carbonyl (C=O) groups is 2. The molecular weight excluding hydrogens is 400 g/mol. The number of rotatable bonds is 12. The molecule has 174 valence electrons. The van der Waals surface area contributed by atoms with E-state index in [2.05, 4.69) is 19.2 Å². The van der Waals surface area contributed by atoms with E-state index in [-0.39, 0.29) is 11.8 Å². The minimum Gasteiger partial charge on any atom is -0.494 e. The number of ether oxygens (including phenoxy) is 1. The quantitative estimate of drug-likeness (QED) is 0.472. The molecule has 0 radical (unpaired) electrons. The van der Waals surface area contributed by atoms with Gasteiger partial charge in [0.15, 0.2) is 0 Å². The van der Waals surface area contributed by atoms with E-state index in [0.717, 1.165) is 16.9 Å². The van der Waals surface area contributed by atoms with Crippen molar-refractivity contribution in [2.24, 2.45) is 5.92 Å². The number of aryl methyl sites for hydroxylation is 2. The predicted molar refractivity (Wildman–Crippen MR) is 130 cm³/mol. The molecule has 0 spiro atoms. The number of benzene rings is 2. The van der Waals surface area contributed by atoms with Gasteiger partial charge in [-0.25, -0.2) is 0 Å². The van der Waals surface area contributed by atoms with Crippen LogP contribution in [0.1, 0.15) is 56.7 Å². The van der Waals surface area contributed by atoms with Crippen molar-refractivity contribution in [2.75, 3.05) is 13.2 Å². The van der Waals surface area contributed by atoms with Gasteiger partial charge in [-0.15, -0.1) is 0 Å². The van der Waals surface area contributed by atoms with E-state index in [4.69, 9.17) is 4.74 Å². The van der Waals surface area contributed by atoms with Crippen molar-refractivity contribution >= 4 is 11.8 Å². The molecule has 5 heteroatoms. The van der Waals surface area contributed by atoms with Gasteiger partial charge in [-0.2, -0.15) is 0 Å². The Morgan fingerprint density at radius 2 is 1.72 bits per heavy atom. The second kappa shape index (κ2) is 12.9. The molecule has 0 aromatic heterocycles. The van der Waals surface area contributed by atoms with Crippen molar-refractivity contribution in [3.63, 3.8) is 0 Å². The van der Waals surface area contributed by atoms with Gasteiger partial charge in [0.2, 0.25) is 11.8 Å². The highest BCUT2D eigenvalue weighted by Crippen LogP contribution is 2.17. The van der Waals surface area contributed by atoms with E-state index >= 15 is 0 Å². The van der Waals surface area contributed by atoms with Gasteiger partial charge >= 0.3 is 0 Å². The lowest BCUT2D eigenvalue weighted by atomic mass is 10.0. The standard InChI is InChI=1S/C27H38N2O3/c1-6-25(27(31)28-18-20(2)3)29(19-23-11-8-7-10-22(23)5)26(30)12-9-17-32-24-15-13-21(4)14-16-24/h7-8,10-11,13-16,20,25H,6,9,12,17-19H2,1-5H3,(H,28,31). The third kappa shape index (κ3) is 8.03. The van der Waals surface area contributed by atoms with Crippen molar-refractivity contribution in [1.29, 1.82) is 0 Å². The lowest BCUT2D eigenvalue weighted by Crippen LogP contribution is -2.49. The van der Waals surface area contributed by atoms with Gasteiger partial charge in [-0.3, -0.25) is 9.59 Å². The second-order valence-corrected chi connectivity index (χ2v) is 8.78. The van der Waals surface area contributed by atoms with Crippen LogP contribution in [0.3, 0.4) is 0 Å². The lowest BCUT2D eigenvalue weighted by Gasteiger charge is -2.31. The third-order valence-electron chi connectivity index (χ3n) is 5.50. The monoisotopic (exact) mass is 438 g/mol. The largest absolute Gasteiger partial charge is 0.494 e. The normalized spacial score (nSPS) is 11.8. The third-order valence-corrected chi connectivity index (χ3v) is 5.50. The van der Waals surface area contributed by atoms with Crippen LogP contribution >= 0.6 is 0 Å². The Morgan fingerprint density at radius 3 is 2.34 bits per heavy atom. The summed E-state index contributed by atoms with van der Waals surface area (Å²) in [5, 5.41) is 3.00. The summed E-state index contributed by atoms with van der Waals surface area (Å²) in [6.45, 7) is 11.6. The molecule has 2 aromatic carbocycles. The van der Waals surface area contributed by atoms with Gasteiger partial charge in [0.05, 0.1) is 6.61 Å². The number of amides is 2. The molecule has 0 saturated carbocycles.